The largest absolute Gasteiger partial charge is 0.496 e. The number of nitrogens with zero attached hydrogens (tertiary/aromatic N) is 1. The van der Waals surface area contributed by atoms with Crippen LogP contribution >= 0.6 is 27.3 Å². The Hall–Kier alpha value is -2.84. The third kappa shape index (κ3) is 4.96. The normalized spacial score (nSPS) is 10.8. The Kier molecular flexibility index (Phi) is 6.90. The van der Waals surface area contributed by atoms with Gasteiger partial charge in [-0.2, -0.15) is 0 Å². The van der Waals surface area contributed by atoms with E-state index in [1.54, 1.807) is 33.5 Å². The lowest BCUT2D eigenvalue weighted by molar-refractivity contribution is -0.111. The Labute approximate surface area is 181 Å². The van der Waals surface area contributed by atoms with E-state index in [0.717, 1.165) is 27.0 Å². The van der Waals surface area contributed by atoms with Crippen molar-refractivity contribution < 1.29 is 19.0 Å². The highest BCUT2D eigenvalue weighted by molar-refractivity contribution is 9.10. The maximum atomic E-state index is 12.3. The van der Waals surface area contributed by atoms with Gasteiger partial charge in [-0.25, -0.2) is 4.98 Å². The van der Waals surface area contributed by atoms with Crippen LogP contribution in [0.3, 0.4) is 0 Å². The highest BCUT2D eigenvalue weighted by Gasteiger charge is 2.11. The zero-order chi connectivity index (χ0) is 20.8. The Bertz CT molecular complexity index is 1050. The van der Waals surface area contributed by atoms with Crippen molar-refractivity contribution >= 4 is 44.4 Å². The quantitative estimate of drug-likeness (QED) is 0.473. The number of anilines is 1. The minimum absolute atomic E-state index is 0.281. The van der Waals surface area contributed by atoms with Crippen LogP contribution in [-0.2, 0) is 4.79 Å². The molecular weight excluding hydrogens is 456 g/mol. The van der Waals surface area contributed by atoms with Gasteiger partial charge in [0.1, 0.15) is 5.75 Å². The number of amides is 1. The first kappa shape index (κ1) is 20.9. The molecule has 6 nitrogen and oxygen atoms in total. The molecule has 0 radical (unpaired) electrons. The highest BCUT2D eigenvalue weighted by Crippen LogP contribution is 2.36. The van der Waals surface area contributed by atoms with Crippen LogP contribution in [0.1, 0.15) is 5.56 Å². The summed E-state index contributed by atoms with van der Waals surface area (Å²) >= 11 is 4.79. The van der Waals surface area contributed by atoms with Gasteiger partial charge in [0.15, 0.2) is 16.6 Å². The fraction of sp³-hybridized carbons (Fsp3) is 0.143. The molecule has 0 spiro atoms. The number of carbonyl (C=O) groups is 1. The second kappa shape index (κ2) is 9.58. The predicted molar refractivity (Wildman–Crippen MR) is 119 cm³/mol. The third-order valence-electron chi connectivity index (χ3n) is 4.00. The van der Waals surface area contributed by atoms with E-state index in [0.29, 0.717) is 16.6 Å². The Morgan fingerprint density at radius 2 is 1.86 bits per heavy atom. The number of ether oxygens (including phenoxy) is 3. The van der Waals surface area contributed by atoms with E-state index >= 15 is 0 Å². The standard InChI is InChI=1S/C21H19BrN2O4S/c1-26-17-7-5-4-6-14(17)16-12-29-21(23-16)24-19(25)9-8-13-10-15(22)20(28-3)18(11-13)27-2/h4-12H,1-3H3,(H,23,24,25)/b9-8+. The molecule has 1 amide bonds. The van der Waals surface area contributed by atoms with Gasteiger partial charge in [-0.05, 0) is 51.8 Å². The fourth-order valence-electron chi connectivity index (χ4n) is 2.66. The molecule has 3 rings (SSSR count). The number of rotatable bonds is 7. The van der Waals surface area contributed by atoms with Crippen LogP contribution in [0, 0.1) is 0 Å². The summed E-state index contributed by atoms with van der Waals surface area (Å²) in [5, 5.41) is 5.16. The maximum Gasteiger partial charge on any atom is 0.250 e. The minimum atomic E-state index is -0.281. The molecule has 0 aliphatic heterocycles. The minimum Gasteiger partial charge on any atom is -0.496 e. The predicted octanol–water partition coefficient (Wildman–Crippen LogP) is 5.25. The van der Waals surface area contributed by atoms with E-state index in [4.69, 9.17) is 14.2 Å². The van der Waals surface area contributed by atoms with E-state index in [2.05, 4.69) is 26.2 Å². The molecule has 0 aliphatic carbocycles. The second-order valence-corrected chi connectivity index (χ2v) is 7.51. The molecule has 8 heteroatoms. The molecule has 150 valence electrons. The summed E-state index contributed by atoms with van der Waals surface area (Å²) in [5.74, 6) is 1.62. The van der Waals surface area contributed by atoms with Crippen molar-refractivity contribution in [3.63, 3.8) is 0 Å². The van der Waals surface area contributed by atoms with Gasteiger partial charge in [0.2, 0.25) is 5.91 Å². The fourth-order valence-corrected chi connectivity index (χ4v) is 4.00. The van der Waals surface area contributed by atoms with Crippen molar-refractivity contribution in [2.45, 2.75) is 0 Å². The number of methoxy groups -OCH3 is 3. The second-order valence-electron chi connectivity index (χ2n) is 5.80. The molecule has 0 aliphatic rings. The smallest absolute Gasteiger partial charge is 0.250 e. The van der Waals surface area contributed by atoms with E-state index in [-0.39, 0.29) is 5.91 Å². The molecule has 1 aromatic heterocycles. The molecule has 2 aromatic carbocycles. The molecular formula is C21H19BrN2O4S. The van der Waals surface area contributed by atoms with Crippen molar-refractivity contribution in [1.82, 2.24) is 4.98 Å². The summed E-state index contributed by atoms with van der Waals surface area (Å²) in [6, 6.07) is 11.2. The van der Waals surface area contributed by atoms with E-state index in [1.807, 2.05) is 35.7 Å². The van der Waals surface area contributed by atoms with Crippen LogP contribution in [-0.4, -0.2) is 32.2 Å². The number of aromatic nitrogens is 1. The van der Waals surface area contributed by atoms with E-state index in [9.17, 15) is 4.79 Å². The average Bonchev–Trinajstić information content (AvgIpc) is 3.19. The lowest BCUT2D eigenvalue weighted by atomic mass is 10.1. The molecule has 0 bridgehead atoms. The van der Waals surface area contributed by atoms with Crippen LogP contribution in [0.2, 0.25) is 0 Å². The summed E-state index contributed by atoms with van der Waals surface area (Å²) in [4.78, 5) is 16.8. The molecule has 1 N–H and O–H groups in total. The lowest BCUT2D eigenvalue weighted by Crippen LogP contribution is -2.07. The Morgan fingerprint density at radius 1 is 1.10 bits per heavy atom. The topological polar surface area (TPSA) is 69.7 Å². The van der Waals surface area contributed by atoms with Gasteiger partial charge < -0.3 is 14.2 Å². The number of hydrogen-bond acceptors (Lipinski definition) is 6. The van der Waals surface area contributed by atoms with Crippen LogP contribution in [0.15, 0.2) is 52.3 Å². The first-order valence-electron chi connectivity index (χ1n) is 8.55. The molecule has 0 saturated heterocycles. The monoisotopic (exact) mass is 474 g/mol. The molecule has 0 atom stereocenters. The van der Waals surface area contributed by atoms with Crippen molar-refractivity contribution in [2.24, 2.45) is 0 Å². The highest BCUT2D eigenvalue weighted by atomic mass is 79.9. The summed E-state index contributed by atoms with van der Waals surface area (Å²) in [5.41, 5.74) is 2.41. The van der Waals surface area contributed by atoms with Crippen molar-refractivity contribution in [1.29, 1.82) is 0 Å². The van der Waals surface area contributed by atoms with Gasteiger partial charge in [-0.1, -0.05) is 12.1 Å². The van der Waals surface area contributed by atoms with Crippen LogP contribution in [0.25, 0.3) is 17.3 Å². The molecule has 1 heterocycles. The summed E-state index contributed by atoms with van der Waals surface area (Å²) in [6.45, 7) is 0. The number of carbonyl (C=O) groups excluding carboxylic acids is 1. The molecule has 29 heavy (non-hydrogen) atoms. The van der Waals surface area contributed by atoms with Gasteiger partial charge in [0.05, 0.1) is 31.5 Å². The number of halogens is 1. The van der Waals surface area contributed by atoms with E-state index < -0.39 is 0 Å². The van der Waals surface area contributed by atoms with Gasteiger partial charge in [0, 0.05) is 17.0 Å². The zero-order valence-corrected chi connectivity index (χ0v) is 18.5. The van der Waals surface area contributed by atoms with Crippen molar-refractivity contribution in [3.05, 3.63) is 57.9 Å². The van der Waals surface area contributed by atoms with Crippen molar-refractivity contribution in [2.75, 3.05) is 26.6 Å². The molecule has 0 saturated carbocycles. The first-order valence-corrected chi connectivity index (χ1v) is 10.2. The number of hydrogen-bond donors (Lipinski definition) is 1. The van der Waals surface area contributed by atoms with Gasteiger partial charge >= 0.3 is 0 Å². The number of para-hydroxylation sites is 1. The van der Waals surface area contributed by atoms with E-state index in [1.165, 1.54) is 17.4 Å². The Balaban J connectivity index is 1.72. The first-order chi connectivity index (χ1) is 14.0. The summed E-state index contributed by atoms with van der Waals surface area (Å²) < 4.78 is 16.7. The SMILES string of the molecule is COc1ccccc1-c1csc(NC(=O)/C=C/c2cc(Br)c(OC)c(OC)c2)n1. The van der Waals surface area contributed by atoms with Crippen LogP contribution < -0.4 is 19.5 Å². The van der Waals surface area contributed by atoms with Crippen LogP contribution in [0.5, 0.6) is 17.2 Å². The van der Waals surface area contributed by atoms with Crippen LogP contribution in [0.4, 0.5) is 5.13 Å². The molecule has 0 unspecified atom stereocenters. The third-order valence-corrected chi connectivity index (χ3v) is 5.35. The van der Waals surface area contributed by atoms with Gasteiger partial charge in [-0.3, -0.25) is 10.1 Å². The number of thiazole rings is 1. The lowest BCUT2D eigenvalue weighted by Gasteiger charge is -2.10. The van der Waals surface area contributed by atoms with Crippen molar-refractivity contribution in [3.8, 4) is 28.5 Å². The molecule has 0 fully saturated rings. The van der Waals surface area contributed by atoms with Gasteiger partial charge in [0.25, 0.3) is 0 Å². The maximum absolute atomic E-state index is 12.3. The summed E-state index contributed by atoms with van der Waals surface area (Å²) in [7, 11) is 4.75. The van der Waals surface area contributed by atoms with Gasteiger partial charge in [-0.15, -0.1) is 11.3 Å². The number of benzene rings is 2. The average molecular weight is 475 g/mol. The Morgan fingerprint density at radius 3 is 2.59 bits per heavy atom. The summed E-state index contributed by atoms with van der Waals surface area (Å²) in [6.07, 6.45) is 3.13. The zero-order valence-electron chi connectivity index (χ0n) is 16.1. The molecule has 3 aromatic rings. The number of nitrogens with one attached hydrogen (secondary N) is 1.